The van der Waals surface area contributed by atoms with Crippen LogP contribution in [0.4, 0.5) is 0 Å². The molecule has 0 spiro atoms. The second-order valence-corrected chi connectivity index (χ2v) is 3.88. The molecule has 1 rings (SSSR count). The van der Waals surface area contributed by atoms with Crippen molar-refractivity contribution < 1.29 is 0 Å². The Morgan fingerprint density at radius 3 is 2.50 bits per heavy atom. The predicted molar refractivity (Wildman–Crippen MR) is 38.5 cm³/mol. The van der Waals surface area contributed by atoms with Crippen molar-refractivity contribution in [3.05, 3.63) is 18.5 Å². The molecule has 0 aromatic carbocycles. The largest absolute Gasteiger partial charge is 0.237 e. The van der Waals surface area contributed by atoms with E-state index in [1.807, 2.05) is 22.5 Å². The van der Waals surface area contributed by atoms with Crippen LogP contribution in [0.15, 0.2) is 18.5 Å². The summed E-state index contributed by atoms with van der Waals surface area (Å²) in [5.41, 5.74) is 0. The Bertz CT molecular complexity index is 145. The summed E-state index contributed by atoms with van der Waals surface area (Å²) in [6, 6.07) is 1.95. The molecule has 0 aliphatic carbocycles. The van der Waals surface area contributed by atoms with Crippen LogP contribution in [-0.2, 0) is 0 Å². The van der Waals surface area contributed by atoms with E-state index in [1.165, 1.54) is 0 Å². The molecule has 3 heteroatoms. The summed E-state index contributed by atoms with van der Waals surface area (Å²) in [5, 5.41) is 4.06. The van der Waals surface area contributed by atoms with Gasteiger partial charge in [0.05, 0.1) is 0 Å². The summed E-state index contributed by atoms with van der Waals surface area (Å²) in [6.07, 6.45) is 8.14. The van der Waals surface area contributed by atoms with E-state index in [2.05, 4.69) is 17.6 Å². The molecule has 0 radical (unpaired) electrons. The molecule has 46 valence electrons. The SMILES string of the molecule is C[SH](C)n1cccn1. The summed E-state index contributed by atoms with van der Waals surface area (Å²) in [6.45, 7) is 0. The molecular weight excluding hydrogens is 120 g/mol. The minimum atomic E-state index is -0.0530. The topological polar surface area (TPSA) is 17.8 Å². The minimum absolute atomic E-state index is 0.0530. The Hall–Kier alpha value is -0.440. The molecule has 1 aromatic heterocycles. The lowest BCUT2D eigenvalue weighted by atomic mass is 10.8. The number of aromatic nitrogens is 2. The van der Waals surface area contributed by atoms with Crippen molar-refractivity contribution in [1.29, 1.82) is 0 Å². The van der Waals surface area contributed by atoms with E-state index >= 15 is 0 Å². The minimum Gasteiger partial charge on any atom is -0.237 e. The van der Waals surface area contributed by atoms with Crippen LogP contribution >= 0.6 is 11.1 Å². The van der Waals surface area contributed by atoms with Crippen LogP contribution in [0.5, 0.6) is 0 Å². The molecule has 8 heavy (non-hydrogen) atoms. The van der Waals surface area contributed by atoms with Gasteiger partial charge in [0.2, 0.25) is 0 Å². The van der Waals surface area contributed by atoms with Crippen molar-refractivity contribution >= 4 is 11.1 Å². The van der Waals surface area contributed by atoms with Gasteiger partial charge in [-0.25, -0.2) is 4.09 Å². The third-order valence-corrected chi connectivity index (χ3v) is 1.96. The monoisotopic (exact) mass is 130 g/mol. The van der Waals surface area contributed by atoms with E-state index in [9.17, 15) is 0 Å². The van der Waals surface area contributed by atoms with Gasteiger partial charge in [-0.3, -0.25) is 0 Å². The van der Waals surface area contributed by atoms with Gasteiger partial charge in [-0.15, -0.1) is 0 Å². The first-order valence-electron chi connectivity index (χ1n) is 2.48. The summed E-state index contributed by atoms with van der Waals surface area (Å²) in [5.74, 6) is 0. The van der Waals surface area contributed by atoms with Gasteiger partial charge in [0, 0.05) is 12.4 Å². The highest BCUT2D eigenvalue weighted by Gasteiger charge is 1.86. The Labute approximate surface area is 52.0 Å². The zero-order valence-electron chi connectivity index (χ0n) is 5.07. The molecule has 0 fully saturated rings. The van der Waals surface area contributed by atoms with Gasteiger partial charge < -0.3 is 0 Å². The molecule has 1 aromatic rings. The van der Waals surface area contributed by atoms with Crippen LogP contribution in [0.2, 0.25) is 0 Å². The average Bonchev–Trinajstić information content (AvgIpc) is 2.12. The van der Waals surface area contributed by atoms with Gasteiger partial charge >= 0.3 is 0 Å². The first-order valence-corrected chi connectivity index (χ1v) is 4.67. The van der Waals surface area contributed by atoms with Gasteiger partial charge in [0.25, 0.3) is 0 Å². The van der Waals surface area contributed by atoms with Crippen LogP contribution < -0.4 is 0 Å². The third-order valence-electron chi connectivity index (χ3n) is 0.900. The molecule has 0 unspecified atom stereocenters. The molecule has 1 heterocycles. The zero-order chi connectivity index (χ0) is 5.98. The molecule has 0 amide bonds. The molecule has 0 bridgehead atoms. The highest BCUT2D eigenvalue weighted by atomic mass is 32.2. The first-order chi connectivity index (χ1) is 3.80. The van der Waals surface area contributed by atoms with Crippen LogP contribution in [0.3, 0.4) is 0 Å². The smallest absolute Gasteiger partial charge is 0.0499 e. The quantitative estimate of drug-likeness (QED) is 0.559. The average molecular weight is 130 g/mol. The van der Waals surface area contributed by atoms with Gasteiger partial charge in [0.1, 0.15) is 0 Å². The molecule has 0 aliphatic heterocycles. The molecule has 0 N–H and O–H groups in total. The molecular formula is C5H10N2S. The van der Waals surface area contributed by atoms with Crippen LogP contribution in [-0.4, -0.2) is 21.7 Å². The summed E-state index contributed by atoms with van der Waals surface area (Å²) < 4.78 is 1.98. The number of nitrogens with zero attached hydrogens (tertiary/aromatic N) is 2. The molecule has 0 atom stereocenters. The maximum Gasteiger partial charge on any atom is 0.0499 e. The Morgan fingerprint density at radius 1 is 1.50 bits per heavy atom. The maximum absolute atomic E-state index is 4.06. The number of hydrogen-bond donors (Lipinski definition) is 1. The fourth-order valence-electron chi connectivity index (χ4n) is 0.497. The van der Waals surface area contributed by atoms with E-state index in [-0.39, 0.29) is 11.1 Å². The van der Waals surface area contributed by atoms with Gasteiger partial charge in [-0.2, -0.15) is 16.2 Å². The predicted octanol–water partition coefficient (Wildman–Crippen LogP) is 0.907. The third kappa shape index (κ3) is 1.04. The summed E-state index contributed by atoms with van der Waals surface area (Å²) >= 11 is -0.0530. The van der Waals surface area contributed by atoms with Crippen molar-refractivity contribution in [2.75, 3.05) is 12.5 Å². The number of hydrogen-bond acceptors (Lipinski definition) is 1. The van der Waals surface area contributed by atoms with Gasteiger partial charge in [-0.05, 0) is 18.6 Å². The fourth-order valence-corrected chi connectivity index (χ4v) is 1.11. The van der Waals surface area contributed by atoms with E-state index < -0.39 is 0 Å². The Kier molecular flexibility index (Phi) is 1.58. The van der Waals surface area contributed by atoms with E-state index in [0.29, 0.717) is 0 Å². The maximum atomic E-state index is 4.06. The van der Waals surface area contributed by atoms with Crippen LogP contribution in [0, 0.1) is 0 Å². The summed E-state index contributed by atoms with van der Waals surface area (Å²) in [7, 11) is 0. The van der Waals surface area contributed by atoms with Gasteiger partial charge in [-0.1, -0.05) is 0 Å². The Morgan fingerprint density at radius 2 is 2.25 bits per heavy atom. The number of thiol groups is 1. The normalized spacial score (nSPS) is 11.5. The second kappa shape index (κ2) is 2.22. The highest BCUT2D eigenvalue weighted by molar-refractivity contribution is 8.14. The first kappa shape index (κ1) is 5.69. The van der Waals surface area contributed by atoms with Crippen LogP contribution in [0.25, 0.3) is 0 Å². The van der Waals surface area contributed by atoms with Crippen LogP contribution in [0.1, 0.15) is 0 Å². The highest BCUT2D eigenvalue weighted by Crippen LogP contribution is 2.13. The molecule has 0 saturated heterocycles. The molecule has 0 saturated carbocycles. The van der Waals surface area contributed by atoms with Crippen molar-refractivity contribution in [2.24, 2.45) is 0 Å². The summed E-state index contributed by atoms with van der Waals surface area (Å²) in [4.78, 5) is 0. The van der Waals surface area contributed by atoms with Crippen molar-refractivity contribution in [3.8, 4) is 0 Å². The molecule has 2 nitrogen and oxygen atoms in total. The van der Waals surface area contributed by atoms with E-state index in [0.717, 1.165) is 0 Å². The van der Waals surface area contributed by atoms with Crippen molar-refractivity contribution in [1.82, 2.24) is 9.19 Å². The van der Waals surface area contributed by atoms with Crippen molar-refractivity contribution in [3.63, 3.8) is 0 Å². The lowest BCUT2D eigenvalue weighted by molar-refractivity contribution is 1.00. The molecule has 0 aliphatic rings. The van der Waals surface area contributed by atoms with E-state index in [1.54, 1.807) is 0 Å². The Balaban J connectivity index is 2.77. The standard InChI is InChI=1S/C5H10N2S/c1-8(2)7-5-3-4-6-7/h3-5,8H,1-2H3. The zero-order valence-corrected chi connectivity index (χ0v) is 5.97. The second-order valence-electron chi connectivity index (χ2n) is 1.77. The van der Waals surface area contributed by atoms with Gasteiger partial charge in [0.15, 0.2) is 0 Å². The van der Waals surface area contributed by atoms with E-state index in [4.69, 9.17) is 0 Å². The lowest BCUT2D eigenvalue weighted by Crippen LogP contribution is -1.91. The fraction of sp³-hybridized carbons (Fsp3) is 0.400. The lowest BCUT2D eigenvalue weighted by Gasteiger charge is -2.07. The number of rotatable bonds is 1. The van der Waals surface area contributed by atoms with Crippen molar-refractivity contribution in [2.45, 2.75) is 0 Å².